The van der Waals surface area contributed by atoms with Crippen molar-refractivity contribution in [1.29, 1.82) is 0 Å². The second-order valence-electron chi connectivity index (χ2n) is 6.63. The number of nitrogens with zero attached hydrogens (tertiary/aromatic N) is 3. The van der Waals surface area contributed by atoms with E-state index in [1.54, 1.807) is 0 Å². The van der Waals surface area contributed by atoms with Crippen molar-refractivity contribution in [2.75, 3.05) is 7.11 Å². The molecule has 0 saturated heterocycles. The molecule has 0 saturated carbocycles. The first-order chi connectivity index (χ1) is 12.5. The summed E-state index contributed by atoms with van der Waals surface area (Å²) in [4.78, 5) is 28.1. The van der Waals surface area contributed by atoms with Gasteiger partial charge in [-0.15, -0.1) is 0 Å². The lowest BCUT2D eigenvalue weighted by atomic mass is 9.94. The molecule has 0 bridgehead atoms. The molecule has 7 nitrogen and oxygen atoms in total. The van der Waals surface area contributed by atoms with Crippen molar-refractivity contribution in [3.05, 3.63) is 29.6 Å². The summed E-state index contributed by atoms with van der Waals surface area (Å²) < 4.78 is 6.77. The lowest BCUT2D eigenvalue weighted by Crippen LogP contribution is -2.31. The van der Waals surface area contributed by atoms with Crippen molar-refractivity contribution in [3.8, 4) is 0 Å². The molecule has 7 heteroatoms. The molecule has 1 aromatic heterocycles. The molecule has 26 heavy (non-hydrogen) atoms. The van der Waals surface area contributed by atoms with E-state index in [9.17, 15) is 9.59 Å². The molecule has 1 amide bonds. The zero-order valence-electron chi connectivity index (χ0n) is 15.4. The number of hydrogen-bond donors (Lipinski definition) is 1. The van der Waals surface area contributed by atoms with Crippen LogP contribution in [0.15, 0.2) is 23.3 Å². The first kappa shape index (κ1) is 18.1. The first-order valence-electron chi connectivity index (χ1n) is 8.96. The molecule has 1 aromatic carbocycles. The van der Waals surface area contributed by atoms with Gasteiger partial charge in [0, 0.05) is 24.3 Å². The van der Waals surface area contributed by atoms with E-state index in [1.165, 1.54) is 7.11 Å². The largest absolute Gasteiger partial charge is 0.468 e. The van der Waals surface area contributed by atoms with E-state index in [4.69, 9.17) is 9.72 Å². The molecule has 1 aliphatic heterocycles. The number of aryl methyl sites for hydroxylation is 1. The highest BCUT2D eigenvalue weighted by Crippen LogP contribution is 2.23. The fourth-order valence-corrected chi connectivity index (χ4v) is 3.23. The molecule has 0 radical (unpaired) electrons. The summed E-state index contributed by atoms with van der Waals surface area (Å²) in [5.74, 6) is 0.553. The Hall–Kier alpha value is -2.70. The summed E-state index contributed by atoms with van der Waals surface area (Å²) in [6.45, 7) is 4.25. The maximum Gasteiger partial charge on any atom is 0.325 e. The number of hydrazone groups is 1. The van der Waals surface area contributed by atoms with E-state index in [0.29, 0.717) is 6.42 Å². The normalized spacial score (nSPS) is 17.1. The molecule has 0 aliphatic carbocycles. The highest BCUT2D eigenvalue weighted by molar-refractivity contribution is 6.07. The quantitative estimate of drug-likeness (QED) is 0.806. The second-order valence-corrected chi connectivity index (χ2v) is 6.63. The molecule has 1 unspecified atom stereocenters. The van der Waals surface area contributed by atoms with E-state index in [0.717, 1.165) is 47.4 Å². The van der Waals surface area contributed by atoms with Gasteiger partial charge in [0.2, 0.25) is 5.91 Å². The van der Waals surface area contributed by atoms with Gasteiger partial charge in [0.25, 0.3) is 0 Å². The summed E-state index contributed by atoms with van der Waals surface area (Å²) in [7, 11) is 1.39. The maximum atomic E-state index is 11.9. The van der Waals surface area contributed by atoms with Crippen LogP contribution in [0, 0.1) is 5.92 Å². The van der Waals surface area contributed by atoms with Gasteiger partial charge in [0.1, 0.15) is 12.4 Å². The number of amides is 1. The topological polar surface area (TPSA) is 85.6 Å². The Bertz CT molecular complexity index is 869. The zero-order chi connectivity index (χ0) is 18.7. The summed E-state index contributed by atoms with van der Waals surface area (Å²) in [5, 5.41) is 4.23. The van der Waals surface area contributed by atoms with Gasteiger partial charge >= 0.3 is 5.97 Å². The molecule has 1 atom stereocenters. The minimum atomic E-state index is -0.303. The van der Waals surface area contributed by atoms with Gasteiger partial charge in [0.15, 0.2) is 0 Å². The van der Waals surface area contributed by atoms with E-state index in [-0.39, 0.29) is 24.3 Å². The predicted octanol–water partition coefficient (Wildman–Crippen LogP) is 2.41. The molecule has 2 heterocycles. The number of aromatic nitrogens is 2. The van der Waals surface area contributed by atoms with Crippen LogP contribution >= 0.6 is 0 Å². The van der Waals surface area contributed by atoms with Crippen molar-refractivity contribution in [1.82, 2.24) is 15.0 Å². The van der Waals surface area contributed by atoms with Gasteiger partial charge in [-0.3, -0.25) is 9.59 Å². The second kappa shape index (κ2) is 7.68. The molecule has 1 aliphatic rings. The van der Waals surface area contributed by atoms with E-state index >= 15 is 0 Å². The number of nitrogens with one attached hydrogen (secondary N) is 1. The van der Waals surface area contributed by atoms with Gasteiger partial charge < -0.3 is 9.30 Å². The number of methoxy groups -OCH3 is 1. The Morgan fingerprint density at radius 1 is 1.42 bits per heavy atom. The van der Waals surface area contributed by atoms with Gasteiger partial charge in [-0.2, -0.15) is 5.10 Å². The number of ether oxygens (including phenoxy) is 1. The number of benzene rings is 1. The number of unbranched alkanes of at least 4 members (excludes halogenated alkanes) is 1. The average molecular weight is 356 g/mol. The lowest BCUT2D eigenvalue weighted by molar-refractivity contribution is -0.141. The number of hydrogen-bond acceptors (Lipinski definition) is 5. The monoisotopic (exact) mass is 356 g/mol. The van der Waals surface area contributed by atoms with Crippen molar-refractivity contribution >= 4 is 28.6 Å². The summed E-state index contributed by atoms with van der Waals surface area (Å²) in [6, 6.07) is 5.90. The Labute approximate surface area is 152 Å². The smallest absolute Gasteiger partial charge is 0.325 e. The lowest BCUT2D eigenvalue weighted by Gasteiger charge is -2.19. The third-order valence-electron chi connectivity index (χ3n) is 4.65. The van der Waals surface area contributed by atoms with E-state index in [1.807, 2.05) is 29.7 Å². The molecule has 1 N–H and O–H groups in total. The molecule has 2 aromatic rings. The standard InChI is InChI=1S/C19H24N4O3/c1-4-5-6-16-20-14-8-7-13(19-12(2)9-17(24)21-22-19)10-15(14)23(16)11-18(25)26-3/h7-8,10,12H,4-6,9,11H2,1-3H3,(H,21,24). The fraction of sp³-hybridized carbons (Fsp3) is 0.474. The Morgan fingerprint density at radius 3 is 2.92 bits per heavy atom. The number of fused-ring (bicyclic) bond motifs is 1. The number of imidazole rings is 1. The number of carbonyl (C=O) groups is 2. The minimum absolute atomic E-state index is 0.0396. The van der Waals surface area contributed by atoms with Crippen LogP contribution in [-0.2, 0) is 27.3 Å². The first-order valence-corrected chi connectivity index (χ1v) is 8.96. The zero-order valence-corrected chi connectivity index (χ0v) is 15.4. The van der Waals surface area contributed by atoms with Crippen LogP contribution in [-0.4, -0.2) is 34.2 Å². The van der Waals surface area contributed by atoms with Crippen molar-refractivity contribution in [2.45, 2.75) is 46.1 Å². The average Bonchev–Trinajstić information content (AvgIpc) is 2.96. The molecule has 0 spiro atoms. The highest BCUT2D eigenvalue weighted by Gasteiger charge is 2.23. The maximum absolute atomic E-state index is 11.9. The van der Waals surface area contributed by atoms with Crippen molar-refractivity contribution in [3.63, 3.8) is 0 Å². The SMILES string of the molecule is CCCCc1nc2ccc(C3=NNC(=O)CC3C)cc2n1CC(=O)OC. The van der Waals surface area contributed by atoms with Crippen molar-refractivity contribution < 1.29 is 14.3 Å². The molecular formula is C19H24N4O3. The molecular weight excluding hydrogens is 332 g/mol. The van der Waals surface area contributed by atoms with Crippen LogP contribution in [0.4, 0.5) is 0 Å². The summed E-state index contributed by atoms with van der Waals surface area (Å²) in [6.07, 6.45) is 3.29. The van der Waals surface area contributed by atoms with E-state index < -0.39 is 0 Å². The van der Waals surface area contributed by atoms with Crippen LogP contribution in [0.25, 0.3) is 11.0 Å². The Balaban J connectivity index is 2.05. The Morgan fingerprint density at radius 2 is 2.23 bits per heavy atom. The number of carbonyl (C=O) groups excluding carboxylic acids is 2. The highest BCUT2D eigenvalue weighted by atomic mass is 16.5. The third kappa shape index (κ3) is 3.61. The molecule has 138 valence electrons. The van der Waals surface area contributed by atoms with Crippen LogP contribution in [0.3, 0.4) is 0 Å². The van der Waals surface area contributed by atoms with Gasteiger partial charge in [0.05, 0.1) is 23.9 Å². The van der Waals surface area contributed by atoms with Crippen LogP contribution in [0.5, 0.6) is 0 Å². The Kier molecular flexibility index (Phi) is 5.35. The molecule has 0 fully saturated rings. The summed E-state index contributed by atoms with van der Waals surface area (Å²) in [5.41, 5.74) is 6.04. The van der Waals surface area contributed by atoms with Crippen LogP contribution in [0.2, 0.25) is 0 Å². The molecule has 3 rings (SSSR count). The van der Waals surface area contributed by atoms with Gasteiger partial charge in [-0.1, -0.05) is 26.3 Å². The van der Waals surface area contributed by atoms with Crippen molar-refractivity contribution in [2.24, 2.45) is 11.0 Å². The fourth-order valence-electron chi connectivity index (χ4n) is 3.23. The third-order valence-corrected chi connectivity index (χ3v) is 4.65. The predicted molar refractivity (Wildman–Crippen MR) is 98.8 cm³/mol. The number of rotatable bonds is 6. The van der Waals surface area contributed by atoms with E-state index in [2.05, 4.69) is 17.5 Å². The summed E-state index contributed by atoms with van der Waals surface area (Å²) >= 11 is 0. The number of esters is 1. The minimum Gasteiger partial charge on any atom is -0.468 e. The van der Waals surface area contributed by atoms with Gasteiger partial charge in [-0.05, 0) is 18.6 Å². The van der Waals surface area contributed by atoms with Crippen LogP contribution in [0.1, 0.15) is 44.5 Å². The van der Waals surface area contributed by atoms with Crippen LogP contribution < -0.4 is 5.43 Å². The van der Waals surface area contributed by atoms with Gasteiger partial charge in [-0.25, -0.2) is 10.4 Å².